The molecule has 3 aliphatic rings. The SMILES string of the molecule is C1CC(CO[C@@H]2CSC3(CNC3)C2)CCO1. The van der Waals surface area contributed by atoms with Gasteiger partial charge in [-0.15, -0.1) is 11.8 Å². The number of nitrogens with one attached hydrogen (secondary N) is 1. The lowest BCUT2D eigenvalue weighted by Crippen LogP contribution is -2.56. The molecule has 3 heterocycles. The summed E-state index contributed by atoms with van der Waals surface area (Å²) < 4.78 is 12.0. The summed E-state index contributed by atoms with van der Waals surface area (Å²) >= 11 is 2.11. The molecule has 0 saturated carbocycles. The Kier molecular flexibility index (Phi) is 3.43. The van der Waals surface area contributed by atoms with Crippen molar-refractivity contribution in [1.29, 1.82) is 0 Å². The van der Waals surface area contributed by atoms with E-state index in [0.717, 1.165) is 25.7 Å². The number of hydrogen-bond acceptors (Lipinski definition) is 4. The Balaban J connectivity index is 1.39. The molecule has 3 fully saturated rings. The van der Waals surface area contributed by atoms with Crippen molar-refractivity contribution in [1.82, 2.24) is 5.32 Å². The quantitative estimate of drug-likeness (QED) is 0.809. The van der Waals surface area contributed by atoms with Gasteiger partial charge in [-0.2, -0.15) is 0 Å². The zero-order chi connectivity index (χ0) is 10.8. The van der Waals surface area contributed by atoms with Crippen molar-refractivity contribution in [3.8, 4) is 0 Å². The maximum atomic E-state index is 6.07. The molecular weight excluding hydrogens is 222 g/mol. The second-order valence-electron chi connectivity index (χ2n) is 5.31. The van der Waals surface area contributed by atoms with Gasteiger partial charge >= 0.3 is 0 Å². The molecule has 0 aromatic rings. The van der Waals surface area contributed by atoms with Crippen LogP contribution in [0.3, 0.4) is 0 Å². The molecule has 3 nitrogen and oxygen atoms in total. The summed E-state index contributed by atoms with van der Waals surface area (Å²) in [5, 5.41) is 3.38. The van der Waals surface area contributed by atoms with Crippen LogP contribution in [-0.2, 0) is 9.47 Å². The van der Waals surface area contributed by atoms with Crippen LogP contribution in [-0.4, -0.2) is 49.5 Å². The van der Waals surface area contributed by atoms with E-state index in [-0.39, 0.29) is 0 Å². The zero-order valence-corrected chi connectivity index (χ0v) is 10.6. The fourth-order valence-electron chi connectivity index (χ4n) is 2.75. The van der Waals surface area contributed by atoms with Crippen LogP contribution in [0.5, 0.6) is 0 Å². The van der Waals surface area contributed by atoms with Crippen molar-refractivity contribution in [2.75, 3.05) is 38.7 Å². The lowest BCUT2D eigenvalue weighted by molar-refractivity contribution is -0.00712. The molecule has 0 aromatic carbocycles. The third-order valence-electron chi connectivity index (χ3n) is 3.98. The summed E-state index contributed by atoms with van der Waals surface area (Å²) in [5.41, 5.74) is 0. The average molecular weight is 243 g/mol. The van der Waals surface area contributed by atoms with E-state index in [1.165, 1.54) is 38.1 Å². The summed E-state index contributed by atoms with van der Waals surface area (Å²) in [5.74, 6) is 1.94. The van der Waals surface area contributed by atoms with Gasteiger partial charge in [0.1, 0.15) is 0 Å². The molecule has 3 rings (SSSR count). The van der Waals surface area contributed by atoms with Crippen molar-refractivity contribution < 1.29 is 9.47 Å². The fraction of sp³-hybridized carbons (Fsp3) is 1.00. The predicted molar refractivity (Wildman–Crippen MR) is 66.0 cm³/mol. The van der Waals surface area contributed by atoms with Crippen molar-refractivity contribution in [3.63, 3.8) is 0 Å². The largest absolute Gasteiger partial charge is 0.381 e. The van der Waals surface area contributed by atoms with Gasteiger partial charge in [0.25, 0.3) is 0 Å². The van der Waals surface area contributed by atoms with Gasteiger partial charge in [0, 0.05) is 43.4 Å². The third-order valence-corrected chi connectivity index (χ3v) is 5.58. The molecule has 1 N–H and O–H groups in total. The molecule has 3 aliphatic heterocycles. The van der Waals surface area contributed by atoms with E-state index in [1.54, 1.807) is 0 Å². The minimum absolute atomic E-state index is 0.509. The van der Waals surface area contributed by atoms with Gasteiger partial charge in [0.05, 0.1) is 6.10 Å². The number of rotatable bonds is 3. The smallest absolute Gasteiger partial charge is 0.0680 e. The van der Waals surface area contributed by atoms with E-state index in [9.17, 15) is 0 Å². The Morgan fingerprint density at radius 2 is 2.12 bits per heavy atom. The molecule has 0 amide bonds. The third kappa shape index (κ3) is 2.40. The van der Waals surface area contributed by atoms with Gasteiger partial charge in [-0.25, -0.2) is 0 Å². The highest BCUT2D eigenvalue weighted by atomic mass is 32.2. The van der Waals surface area contributed by atoms with Gasteiger partial charge in [-0.05, 0) is 25.2 Å². The topological polar surface area (TPSA) is 30.5 Å². The monoisotopic (exact) mass is 243 g/mol. The van der Waals surface area contributed by atoms with E-state index >= 15 is 0 Å². The van der Waals surface area contributed by atoms with Crippen molar-refractivity contribution in [3.05, 3.63) is 0 Å². The average Bonchev–Trinajstić information content (AvgIpc) is 2.72. The Morgan fingerprint density at radius 1 is 1.31 bits per heavy atom. The van der Waals surface area contributed by atoms with Crippen LogP contribution in [0.2, 0.25) is 0 Å². The number of thioether (sulfide) groups is 1. The molecule has 1 atom stereocenters. The molecule has 0 aromatic heterocycles. The summed E-state index contributed by atoms with van der Waals surface area (Å²) in [7, 11) is 0. The lowest BCUT2D eigenvalue weighted by Gasteiger charge is -2.38. The Labute approximate surface area is 102 Å². The highest BCUT2D eigenvalue weighted by molar-refractivity contribution is 8.01. The summed E-state index contributed by atoms with van der Waals surface area (Å²) in [6.07, 6.45) is 4.14. The Bertz CT molecular complexity index is 239. The molecule has 92 valence electrons. The van der Waals surface area contributed by atoms with Crippen LogP contribution in [0, 0.1) is 5.92 Å². The first kappa shape index (κ1) is 11.3. The Morgan fingerprint density at radius 3 is 2.75 bits per heavy atom. The van der Waals surface area contributed by atoms with E-state index in [0.29, 0.717) is 10.9 Å². The number of hydrogen-bond donors (Lipinski definition) is 1. The van der Waals surface area contributed by atoms with E-state index in [1.807, 2.05) is 0 Å². The summed E-state index contributed by atoms with van der Waals surface area (Å²) in [6, 6.07) is 0. The number of ether oxygens (including phenoxy) is 2. The molecule has 1 spiro atoms. The van der Waals surface area contributed by atoms with Crippen LogP contribution in [0.1, 0.15) is 19.3 Å². The zero-order valence-electron chi connectivity index (χ0n) is 9.74. The summed E-state index contributed by atoms with van der Waals surface area (Å²) in [6.45, 7) is 5.20. The minimum Gasteiger partial charge on any atom is -0.381 e. The molecule has 4 heteroatoms. The van der Waals surface area contributed by atoms with Gasteiger partial charge in [-0.1, -0.05) is 0 Å². The van der Waals surface area contributed by atoms with E-state index in [2.05, 4.69) is 17.1 Å². The van der Waals surface area contributed by atoms with E-state index in [4.69, 9.17) is 9.47 Å². The van der Waals surface area contributed by atoms with Crippen LogP contribution >= 0.6 is 11.8 Å². The molecular formula is C12H21NO2S. The molecule has 0 unspecified atom stereocenters. The predicted octanol–water partition coefficient (Wildman–Crippen LogP) is 1.28. The first-order valence-electron chi connectivity index (χ1n) is 6.40. The first-order chi connectivity index (χ1) is 7.86. The van der Waals surface area contributed by atoms with Crippen LogP contribution in [0.15, 0.2) is 0 Å². The van der Waals surface area contributed by atoms with Crippen molar-refractivity contribution in [2.45, 2.75) is 30.1 Å². The minimum atomic E-state index is 0.509. The van der Waals surface area contributed by atoms with Gasteiger partial charge < -0.3 is 14.8 Å². The molecule has 16 heavy (non-hydrogen) atoms. The van der Waals surface area contributed by atoms with E-state index < -0.39 is 0 Å². The van der Waals surface area contributed by atoms with Gasteiger partial charge in [-0.3, -0.25) is 0 Å². The van der Waals surface area contributed by atoms with Crippen LogP contribution in [0.25, 0.3) is 0 Å². The molecule has 0 radical (unpaired) electrons. The maximum Gasteiger partial charge on any atom is 0.0680 e. The van der Waals surface area contributed by atoms with Crippen LogP contribution in [0.4, 0.5) is 0 Å². The maximum absolute atomic E-state index is 6.07. The second kappa shape index (κ2) is 4.84. The van der Waals surface area contributed by atoms with Crippen LogP contribution < -0.4 is 5.32 Å². The molecule has 0 aliphatic carbocycles. The highest BCUT2D eigenvalue weighted by Crippen LogP contribution is 2.42. The first-order valence-corrected chi connectivity index (χ1v) is 7.39. The fourth-order valence-corrected chi connectivity index (χ4v) is 4.21. The second-order valence-corrected chi connectivity index (χ2v) is 6.80. The Hall–Kier alpha value is 0.230. The van der Waals surface area contributed by atoms with Gasteiger partial charge in [0.15, 0.2) is 0 Å². The van der Waals surface area contributed by atoms with Gasteiger partial charge in [0.2, 0.25) is 0 Å². The molecule has 3 saturated heterocycles. The standard InChI is InChI=1S/C12H21NO2S/c1-3-14-4-2-10(1)6-15-11-5-12(16-7-11)8-13-9-12/h10-11,13H,1-9H2/t11-/m0/s1. The molecule has 0 bridgehead atoms. The normalized spacial score (nSPS) is 34.1. The van der Waals surface area contributed by atoms with Crippen molar-refractivity contribution in [2.24, 2.45) is 5.92 Å². The van der Waals surface area contributed by atoms with Crippen molar-refractivity contribution >= 4 is 11.8 Å². The summed E-state index contributed by atoms with van der Waals surface area (Å²) in [4.78, 5) is 0. The lowest BCUT2D eigenvalue weighted by atomic mass is 9.95. The highest BCUT2D eigenvalue weighted by Gasteiger charge is 2.45.